The van der Waals surface area contributed by atoms with Crippen LogP contribution in [-0.2, 0) is 9.53 Å². The molecule has 0 radical (unpaired) electrons. The highest BCUT2D eigenvalue weighted by Crippen LogP contribution is 2.59. The fraction of sp³-hybridized carbons (Fsp3) is 0.438. The molecule has 0 bridgehead atoms. The van der Waals surface area contributed by atoms with Crippen molar-refractivity contribution in [3.8, 4) is 11.5 Å². The monoisotopic (exact) mass is 272 g/mol. The van der Waals surface area contributed by atoms with Gasteiger partial charge in [0.1, 0.15) is 13.5 Å². The van der Waals surface area contributed by atoms with Gasteiger partial charge in [0.15, 0.2) is 0 Å². The molecule has 1 aliphatic carbocycles. The van der Waals surface area contributed by atoms with E-state index in [-0.39, 0.29) is 11.9 Å². The Labute approximate surface area is 116 Å². The van der Waals surface area contributed by atoms with E-state index in [1.165, 1.54) is 12.7 Å². The second-order valence-electron chi connectivity index (χ2n) is 6.13. The van der Waals surface area contributed by atoms with Crippen LogP contribution in [0.2, 0.25) is 19.6 Å². The maximum absolute atomic E-state index is 12.1. The molecule has 2 atom stereocenters. The number of ether oxygens (including phenoxy) is 1. The Morgan fingerprint density at radius 3 is 2.47 bits per heavy atom. The van der Waals surface area contributed by atoms with Gasteiger partial charge < -0.3 is 4.74 Å². The molecular formula is C16H20O2Si. The van der Waals surface area contributed by atoms with Crippen LogP contribution in [0.15, 0.2) is 30.3 Å². The Morgan fingerprint density at radius 2 is 1.95 bits per heavy atom. The van der Waals surface area contributed by atoms with Crippen LogP contribution < -0.4 is 0 Å². The summed E-state index contributed by atoms with van der Waals surface area (Å²) in [5, 5.41) is 0. The molecule has 1 aromatic carbocycles. The molecule has 0 unspecified atom stereocenters. The number of carbonyl (C=O) groups excluding carboxylic acids is 1. The summed E-state index contributed by atoms with van der Waals surface area (Å²) in [4.78, 5) is 12.1. The molecule has 1 aromatic rings. The van der Waals surface area contributed by atoms with Crippen LogP contribution in [-0.4, -0.2) is 21.2 Å². The summed E-state index contributed by atoms with van der Waals surface area (Å²) in [7, 11) is -0.0400. The van der Waals surface area contributed by atoms with Gasteiger partial charge in [0.2, 0.25) is 0 Å². The standard InChI is InChI=1S/C16H20O2Si/c1-18-15(17)16(10-11-19(2,3)4)12-14(16)13-8-6-5-7-9-13/h5-9,14H,12H2,1-4H3/t14-,16+/m0/s1. The van der Waals surface area contributed by atoms with Crippen LogP contribution in [0.4, 0.5) is 0 Å². The Morgan fingerprint density at radius 1 is 1.32 bits per heavy atom. The van der Waals surface area contributed by atoms with Crippen molar-refractivity contribution in [3.63, 3.8) is 0 Å². The van der Waals surface area contributed by atoms with Gasteiger partial charge in [0.05, 0.1) is 7.11 Å². The second kappa shape index (κ2) is 4.86. The lowest BCUT2D eigenvalue weighted by molar-refractivity contribution is -0.144. The van der Waals surface area contributed by atoms with Gasteiger partial charge in [-0.3, -0.25) is 4.79 Å². The van der Waals surface area contributed by atoms with Gasteiger partial charge in [-0.2, -0.15) is 0 Å². The molecule has 2 nitrogen and oxygen atoms in total. The van der Waals surface area contributed by atoms with Crippen molar-refractivity contribution in [3.05, 3.63) is 35.9 Å². The third-order valence-electron chi connectivity index (χ3n) is 3.37. The zero-order valence-corrected chi connectivity index (χ0v) is 13.0. The molecule has 2 rings (SSSR count). The zero-order valence-electron chi connectivity index (χ0n) is 12.0. The van der Waals surface area contributed by atoms with Crippen molar-refractivity contribution in [2.24, 2.45) is 5.41 Å². The molecule has 0 amide bonds. The number of rotatable bonds is 2. The van der Waals surface area contributed by atoms with Crippen LogP contribution in [0.1, 0.15) is 17.9 Å². The normalized spacial score (nSPS) is 25.2. The summed E-state index contributed by atoms with van der Waals surface area (Å²) >= 11 is 0. The molecule has 1 aliphatic rings. The molecular weight excluding hydrogens is 252 g/mol. The van der Waals surface area contributed by atoms with E-state index in [1.54, 1.807) is 0 Å². The van der Waals surface area contributed by atoms with Gasteiger partial charge >= 0.3 is 5.97 Å². The van der Waals surface area contributed by atoms with Crippen molar-refractivity contribution in [1.82, 2.24) is 0 Å². The summed E-state index contributed by atoms with van der Waals surface area (Å²) in [5.74, 6) is 3.24. The summed E-state index contributed by atoms with van der Waals surface area (Å²) in [6, 6.07) is 10.1. The van der Waals surface area contributed by atoms with Crippen molar-refractivity contribution in [2.75, 3.05) is 7.11 Å². The Kier molecular flexibility index (Phi) is 3.55. The van der Waals surface area contributed by atoms with Crippen molar-refractivity contribution < 1.29 is 9.53 Å². The van der Waals surface area contributed by atoms with E-state index in [4.69, 9.17) is 4.74 Å². The van der Waals surface area contributed by atoms with E-state index < -0.39 is 13.5 Å². The van der Waals surface area contributed by atoms with Gasteiger partial charge in [-0.1, -0.05) is 55.9 Å². The third kappa shape index (κ3) is 2.90. The minimum absolute atomic E-state index is 0.185. The Balaban J connectivity index is 2.31. The number of methoxy groups -OCH3 is 1. The van der Waals surface area contributed by atoms with Crippen molar-refractivity contribution >= 4 is 14.0 Å². The summed E-state index contributed by atoms with van der Waals surface area (Å²) < 4.78 is 4.97. The molecule has 0 aromatic heterocycles. The molecule has 19 heavy (non-hydrogen) atoms. The van der Waals surface area contributed by atoms with E-state index >= 15 is 0 Å². The van der Waals surface area contributed by atoms with Gasteiger partial charge in [0, 0.05) is 5.92 Å². The van der Waals surface area contributed by atoms with E-state index in [0.717, 1.165) is 6.42 Å². The third-order valence-corrected chi connectivity index (χ3v) is 4.25. The minimum Gasteiger partial charge on any atom is -0.468 e. The number of carbonyl (C=O) groups is 1. The molecule has 0 aliphatic heterocycles. The molecule has 0 N–H and O–H groups in total. The smallest absolute Gasteiger partial charge is 0.324 e. The molecule has 1 fully saturated rings. The van der Waals surface area contributed by atoms with Crippen molar-refractivity contribution in [2.45, 2.75) is 32.0 Å². The lowest BCUT2D eigenvalue weighted by atomic mass is 10.0. The SMILES string of the molecule is COC(=O)[C@]1(C#C[Si](C)(C)C)C[C@H]1c1ccccc1. The van der Waals surface area contributed by atoms with Crippen molar-refractivity contribution in [1.29, 1.82) is 0 Å². The molecule has 0 heterocycles. The first-order chi connectivity index (χ1) is 8.89. The highest BCUT2D eigenvalue weighted by Gasteiger charge is 2.61. The highest BCUT2D eigenvalue weighted by atomic mass is 28.3. The molecule has 100 valence electrons. The van der Waals surface area contributed by atoms with E-state index in [2.05, 4.69) is 43.2 Å². The maximum atomic E-state index is 12.1. The first-order valence-electron chi connectivity index (χ1n) is 6.57. The van der Waals surface area contributed by atoms with Crippen LogP contribution in [0, 0.1) is 16.9 Å². The van der Waals surface area contributed by atoms with Crippen LogP contribution in [0.5, 0.6) is 0 Å². The highest BCUT2D eigenvalue weighted by molar-refractivity contribution is 6.83. The lowest BCUT2D eigenvalue weighted by Gasteiger charge is -2.10. The fourth-order valence-corrected chi connectivity index (χ4v) is 2.84. The van der Waals surface area contributed by atoms with Gasteiger partial charge in [-0.05, 0) is 12.0 Å². The fourth-order valence-electron chi connectivity index (χ4n) is 2.25. The maximum Gasteiger partial charge on any atom is 0.324 e. The van der Waals surface area contributed by atoms with Gasteiger partial charge in [0.25, 0.3) is 0 Å². The quantitative estimate of drug-likeness (QED) is 0.469. The van der Waals surface area contributed by atoms with E-state index in [0.29, 0.717) is 0 Å². The number of hydrogen-bond donors (Lipinski definition) is 0. The predicted molar refractivity (Wildman–Crippen MR) is 79.4 cm³/mol. The van der Waals surface area contributed by atoms with Gasteiger partial charge in [-0.25, -0.2) is 0 Å². The Hall–Kier alpha value is -1.53. The molecule has 3 heteroatoms. The average molecular weight is 272 g/mol. The number of hydrogen-bond acceptors (Lipinski definition) is 2. The minimum atomic E-state index is -1.49. The summed E-state index contributed by atoms with van der Waals surface area (Å²) in [5.41, 5.74) is 3.91. The van der Waals surface area contributed by atoms with Gasteiger partial charge in [-0.15, -0.1) is 5.54 Å². The molecule has 1 saturated carbocycles. The van der Waals surface area contributed by atoms with Crippen LogP contribution in [0.3, 0.4) is 0 Å². The Bertz CT molecular complexity index is 533. The first-order valence-corrected chi connectivity index (χ1v) is 10.1. The second-order valence-corrected chi connectivity index (χ2v) is 10.9. The lowest BCUT2D eigenvalue weighted by Crippen LogP contribution is -2.21. The summed E-state index contributed by atoms with van der Waals surface area (Å²) in [6.07, 6.45) is 0.779. The average Bonchev–Trinajstić information content (AvgIpc) is 3.12. The van der Waals surface area contributed by atoms with Crippen LogP contribution >= 0.6 is 0 Å². The topological polar surface area (TPSA) is 26.3 Å². The first kappa shape index (κ1) is 13.9. The van der Waals surface area contributed by atoms with E-state index in [9.17, 15) is 4.79 Å². The predicted octanol–water partition coefficient (Wildman–Crippen LogP) is 3.21. The molecule has 0 saturated heterocycles. The van der Waals surface area contributed by atoms with E-state index in [1.807, 2.05) is 18.2 Å². The summed E-state index contributed by atoms with van der Waals surface area (Å²) in [6.45, 7) is 6.56. The number of esters is 1. The zero-order chi connectivity index (χ0) is 14.1. The van der Waals surface area contributed by atoms with Crippen LogP contribution in [0.25, 0.3) is 0 Å². The number of benzene rings is 1. The largest absolute Gasteiger partial charge is 0.468 e. The molecule has 0 spiro atoms.